The van der Waals surface area contributed by atoms with Crippen LogP contribution in [0.5, 0.6) is 5.75 Å². The number of hydrogen-bond acceptors (Lipinski definition) is 3. The number of nitrogens with zero attached hydrogens (tertiary/aromatic N) is 1. The number of nitriles is 1. The highest BCUT2D eigenvalue weighted by molar-refractivity contribution is 9.10. The average molecular weight is 351 g/mol. The zero-order chi connectivity index (χ0) is 15.3. The Kier molecular flexibility index (Phi) is 5.66. The van der Waals surface area contributed by atoms with Crippen molar-refractivity contribution in [2.75, 3.05) is 13.2 Å². The standard InChI is InChI=1S/C17H23BrN2O/c1-13(2)10-20-11-14-9-15(18)3-4-16(14)21-12-17(5-6-17)7-8-19/h3-4,9,13,20H,5-7,10-12H2,1-2H3. The Morgan fingerprint density at radius 1 is 1.43 bits per heavy atom. The van der Waals surface area contributed by atoms with Gasteiger partial charge in [0, 0.05) is 28.4 Å². The summed E-state index contributed by atoms with van der Waals surface area (Å²) in [6, 6.07) is 8.40. The van der Waals surface area contributed by atoms with Crippen LogP contribution in [0.2, 0.25) is 0 Å². The van der Waals surface area contributed by atoms with Gasteiger partial charge in [-0.15, -0.1) is 0 Å². The first-order valence-electron chi connectivity index (χ1n) is 7.53. The van der Waals surface area contributed by atoms with Crippen molar-refractivity contribution in [1.82, 2.24) is 5.32 Å². The molecule has 0 spiro atoms. The summed E-state index contributed by atoms with van der Waals surface area (Å²) in [5, 5.41) is 12.3. The first-order valence-corrected chi connectivity index (χ1v) is 8.33. The third-order valence-electron chi connectivity index (χ3n) is 3.84. The van der Waals surface area contributed by atoms with E-state index in [1.54, 1.807) is 0 Å². The zero-order valence-corrected chi connectivity index (χ0v) is 14.4. The third-order valence-corrected chi connectivity index (χ3v) is 4.33. The maximum absolute atomic E-state index is 8.88. The van der Waals surface area contributed by atoms with Crippen molar-refractivity contribution in [2.45, 2.75) is 39.7 Å². The second-order valence-electron chi connectivity index (χ2n) is 6.40. The van der Waals surface area contributed by atoms with Crippen LogP contribution in [0.15, 0.2) is 22.7 Å². The molecule has 1 fully saturated rings. The molecular weight excluding hydrogens is 328 g/mol. The van der Waals surface area contributed by atoms with E-state index in [-0.39, 0.29) is 5.41 Å². The van der Waals surface area contributed by atoms with Crippen molar-refractivity contribution in [3.05, 3.63) is 28.2 Å². The van der Waals surface area contributed by atoms with Crippen LogP contribution in [0.3, 0.4) is 0 Å². The van der Waals surface area contributed by atoms with Crippen molar-refractivity contribution in [3.8, 4) is 11.8 Å². The molecule has 1 saturated carbocycles. The van der Waals surface area contributed by atoms with Gasteiger partial charge in [-0.05, 0) is 43.5 Å². The van der Waals surface area contributed by atoms with Crippen LogP contribution in [0.4, 0.5) is 0 Å². The number of ether oxygens (including phenoxy) is 1. The first-order chi connectivity index (χ1) is 10.0. The molecule has 0 amide bonds. The van der Waals surface area contributed by atoms with Crippen LogP contribution >= 0.6 is 15.9 Å². The first kappa shape index (κ1) is 16.3. The van der Waals surface area contributed by atoms with Gasteiger partial charge < -0.3 is 10.1 Å². The van der Waals surface area contributed by atoms with Crippen molar-refractivity contribution in [3.63, 3.8) is 0 Å². The van der Waals surface area contributed by atoms with Gasteiger partial charge in [-0.2, -0.15) is 5.26 Å². The molecule has 1 aromatic rings. The Bertz CT molecular complexity index is 518. The molecule has 0 aromatic heterocycles. The lowest BCUT2D eigenvalue weighted by Crippen LogP contribution is -2.20. The molecule has 1 aromatic carbocycles. The minimum absolute atomic E-state index is 0.116. The summed E-state index contributed by atoms with van der Waals surface area (Å²) in [6.07, 6.45) is 2.82. The molecule has 21 heavy (non-hydrogen) atoms. The molecular formula is C17H23BrN2O. The fourth-order valence-electron chi connectivity index (χ4n) is 2.27. The number of rotatable bonds is 8. The molecule has 2 rings (SSSR count). The van der Waals surface area contributed by atoms with E-state index < -0.39 is 0 Å². The van der Waals surface area contributed by atoms with Crippen molar-refractivity contribution in [1.29, 1.82) is 5.26 Å². The van der Waals surface area contributed by atoms with Gasteiger partial charge in [0.2, 0.25) is 0 Å². The van der Waals surface area contributed by atoms with Crippen LogP contribution in [0.25, 0.3) is 0 Å². The molecule has 1 N–H and O–H groups in total. The smallest absolute Gasteiger partial charge is 0.123 e. The summed E-state index contributed by atoms with van der Waals surface area (Å²) < 4.78 is 7.08. The van der Waals surface area contributed by atoms with E-state index in [9.17, 15) is 0 Å². The van der Waals surface area contributed by atoms with E-state index in [1.807, 2.05) is 12.1 Å². The molecule has 0 bridgehead atoms. The highest BCUT2D eigenvalue weighted by atomic mass is 79.9. The van der Waals surface area contributed by atoms with Crippen LogP contribution in [0.1, 0.15) is 38.7 Å². The third kappa shape index (κ3) is 5.01. The normalized spacial score (nSPS) is 15.8. The molecule has 0 aliphatic heterocycles. The number of nitrogens with one attached hydrogen (secondary N) is 1. The predicted molar refractivity (Wildman–Crippen MR) is 88.1 cm³/mol. The van der Waals surface area contributed by atoms with E-state index in [2.05, 4.69) is 47.2 Å². The molecule has 0 saturated heterocycles. The molecule has 0 unspecified atom stereocenters. The lowest BCUT2D eigenvalue weighted by molar-refractivity contribution is 0.234. The van der Waals surface area contributed by atoms with Crippen molar-refractivity contribution in [2.24, 2.45) is 11.3 Å². The quantitative estimate of drug-likeness (QED) is 0.761. The summed E-state index contributed by atoms with van der Waals surface area (Å²) in [5.74, 6) is 1.56. The van der Waals surface area contributed by atoms with Gasteiger partial charge in [0.15, 0.2) is 0 Å². The second kappa shape index (κ2) is 7.29. The Morgan fingerprint density at radius 2 is 2.19 bits per heavy atom. The largest absolute Gasteiger partial charge is 0.493 e. The van der Waals surface area contributed by atoms with Gasteiger partial charge in [0.05, 0.1) is 12.7 Å². The van der Waals surface area contributed by atoms with Gasteiger partial charge in [0.25, 0.3) is 0 Å². The zero-order valence-electron chi connectivity index (χ0n) is 12.8. The molecule has 4 heteroatoms. The van der Waals surface area contributed by atoms with Gasteiger partial charge in [0.1, 0.15) is 5.75 Å². The van der Waals surface area contributed by atoms with Gasteiger partial charge in [-0.1, -0.05) is 29.8 Å². The SMILES string of the molecule is CC(C)CNCc1cc(Br)ccc1OCC1(CC#N)CC1. The van der Waals surface area contributed by atoms with Crippen molar-refractivity contribution < 1.29 is 4.74 Å². The Balaban J connectivity index is 1.96. The van der Waals surface area contributed by atoms with Crippen LogP contribution < -0.4 is 10.1 Å². The molecule has 0 atom stereocenters. The number of benzene rings is 1. The Hall–Kier alpha value is -1.05. The van der Waals surface area contributed by atoms with E-state index in [0.717, 1.165) is 41.7 Å². The summed E-state index contributed by atoms with van der Waals surface area (Å²) in [7, 11) is 0. The molecule has 1 aliphatic carbocycles. The molecule has 0 heterocycles. The summed E-state index contributed by atoms with van der Waals surface area (Å²) in [5.41, 5.74) is 1.28. The maximum atomic E-state index is 8.88. The predicted octanol–water partition coefficient (Wildman–Crippen LogP) is 4.27. The average Bonchev–Trinajstić information content (AvgIpc) is 3.18. The Labute approximate surface area is 135 Å². The van der Waals surface area contributed by atoms with E-state index >= 15 is 0 Å². The highest BCUT2D eigenvalue weighted by Gasteiger charge is 2.43. The van der Waals surface area contributed by atoms with E-state index in [0.29, 0.717) is 18.9 Å². The lowest BCUT2D eigenvalue weighted by atomic mass is 10.1. The molecule has 1 aliphatic rings. The Morgan fingerprint density at radius 3 is 2.81 bits per heavy atom. The van der Waals surface area contributed by atoms with Crippen LogP contribution in [0, 0.1) is 22.7 Å². The summed E-state index contributed by atoms with van der Waals surface area (Å²) >= 11 is 3.52. The minimum Gasteiger partial charge on any atom is -0.493 e. The molecule has 0 radical (unpaired) electrons. The monoisotopic (exact) mass is 350 g/mol. The second-order valence-corrected chi connectivity index (χ2v) is 7.32. The fourth-order valence-corrected chi connectivity index (χ4v) is 2.68. The minimum atomic E-state index is 0.116. The highest BCUT2D eigenvalue weighted by Crippen LogP contribution is 2.48. The lowest BCUT2D eigenvalue weighted by Gasteiger charge is -2.17. The van der Waals surface area contributed by atoms with E-state index in [1.165, 1.54) is 0 Å². The van der Waals surface area contributed by atoms with Gasteiger partial charge >= 0.3 is 0 Å². The van der Waals surface area contributed by atoms with Crippen LogP contribution in [-0.4, -0.2) is 13.2 Å². The topological polar surface area (TPSA) is 45.0 Å². The number of halogens is 1. The fraction of sp³-hybridized carbons (Fsp3) is 0.588. The summed E-state index contributed by atoms with van der Waals surface area (Å²) in [6.45, 7) is 6.84. The maximum Gasteiger partial charge on any atom is 0.123 e. The van der Waals surface area contributed by atoms with Crippen LogP contribution in [-0.2, 0) is 6.54 Å². The molecule has 3 nitrogen and oxygen atoms in total. The van der Waals surface area contributed by atoms with Crippen molar-refractivity contribution >= 4 is 15.9 Å². The summed E-state index contributed by atoms with van der Waals surface area (Å²) in [4.78, 5) is 0. The van der Waals surface area contributed by atoms with Gasteiger partial charge in [-0.25, -0.2) is 0 Å². The van der Waals surface area contributed by atoms with Gasteiger partial charge in [-0.3, -0.25) is 0 Å². The van der Waals surface area contributed by atoms with E-state index in [4.69, 9.17) is 10.00 Å². The number of hydrogen-bond donors (Lipinski definition) is 1. The molecule has 114 valence electrons.